The molecule has 0 aliphatic carbocycles. The van der Waals surface area contributed by atoms with E-state index in [9.17, 15) is 4.79 Å². The van der Waals surface area contributed by atoms with Crippen LogP contribution in [0.25, 0.3) is 21.8 Å². The van der Waals surface area contributed by atoms with Gasteiger partial charge in [0.05, 0.1) is 36.1 Å². The van der Waals surface area contributed by atoms with Crippen LogP contribution in [-0.2, 0) is 4.74 Å². The highest BCUT2D eigenvalue weighted by atomic mass is 16.5. The third-order valence-electron chi connectivity index (χ3n) is 4.42. The van der Waals surface area contributed by atoms with Gasteiger partial charge >= 0.3 is 0 Å². The molecule has 0 atom stereocenters. The fourth-order valence-corrected chi connectivity index (χ4v) is 3.13. The SMILES string of the molecule is O=c1[nH]c2cc(NCCN3CCOCC3)cnc2c2ccccc12. The molecule has 0 radical (unpaired) electrons. The maximum Gasteiger partial charge on any atom is 0.256 e. The fraction of sp³-hybridized carbons (Fsp3) is 0.333. The van der Waals surface area contributed by atoms with E-state index in [1.807, 2.05) is 36.5 Å². The molecular formula is C18H20N4O2. The number of aromatic nitrogens is 2. The van der Waals surface area contributed by atoms with Gasteiger partial charge in [-0.25, -0.2) is 0 Å². The van der Waals surface area contributed by atoms with E-state index >= 15 is 0 Å². The molecular weight excluding hydrogens is 304 g/mol. The van der Waals surface area contributed by atoms with Crippen LogP contribution < -0.4 is 10.9 Å². The Morgan fingerprint density at radius 3 is 2.83 bits per heavy atom. The lowest BCUT2D eigenvalue weighted by Crippen LogP contribution is -2.39. The maximum absolute atomic E-state index is 12.2. The molecule has 3 heterocycles. The minimum absolute atomic E-state index is 0.0784. The van der Waals surface area contributed by atoms with Crippen molar-refractivity contribution in [1.82, 2.24) is 14.9 Å². The summed E-state index contributed by atoms with van der Waals surface area (Å²) < 4.78 is 5.35. The quantitative estimate of drug-likeness (QED) is 0.717. The molecule has 0 amide bonds. The zero-order valence-corrected chi connectivity index (χ0v) is 13.4. The molecule has 4 rings (SSSR count). The third kappa shape index (κ3) is 2.98. The highest BCUT2D eigenvalue weighted by Gasteiger charge is 2.10. The van der Waals surface area contributed by atoms with Crippen LogP contribution in [0.3, 0.4) is 0 Å². The predicted octanol–water partition coefficient (Wildman–Crippen LogP) is 1.82. The summed E-state index contributed by atoms with van der Waals surface area (Å²) in [6.45, 7) is 5.40. The van der Waals surface area contributed by atoms with Crippen LogP contribution in [0.15, 0.2) is 41.3 Å². The maximum atomic E-state index is 12.2. The topological polar surface area (TPSA) is 70.2 Å². The van der Waals surface area contributed by atoms with Crippen LogP contribution in [0, 0.1) is 0 Å². The average molecular weight is 324 g/mol. The molecule has 0 spiro atoms. The number of nitrogens with zero attached hydrogens (tertiary/aromatic N) is 2. The van der Waals surface area contributed by atoms with Crippen LogP contribution in [-0.4, -0.2) is 54.3 Å². The van der Waals surface area contributed by atoms with Gasteiger partial charge in [0, 0.05) is 37.0 Å². The lowest BCUT2D eigenvalue weighted by Gasteiger charge is -2.26. The van der Waals surface area contributed by atoms with Gasteiger partial charge in [0.1, 0.15) is 0 Å². The zero-order chi connectivity index (χ0) is 16.4. The van der Waals surface area contributed by atoms with Crippen LogP contribution in [0.5, 0.6) is 0 Å². The number of benzene rings is 1. The summed E-state index contributed by atoms with van der Waals surface area (Å²) in [6.07, 6.45) is 1.83. The second-order valence-electron chi connectivity index (χ2n) is 6.00. The van der Waals surface area contributed by atoms with Crippen molar-refractivity contribution < 1.29 is 4.74 Å². The van der Waals surface area contributed by atoms with Gasteiger partial charge in [0.25, 0.3) is 5.56 Å². The van der Waals surface area contributed by atoms with Crippen molar-refractivity contribution in [2.75, 3.05) is 44.7 Å². The van der Waals surface area contributed by atoms with E-state index in [0.29, 0.717) is 5.39 Å². The van der Waals surface area contributed by atoms with Crippen LogP contribution in [0.1, 0.15) is 0 Å². The summed E-state index contributed by atoms with van der Waals surface area (Å²) in [5.74, 6) is 0. The number of H-pyrrole nitrogens is 1. The second-order valence-corrected chi connectivity index (χ2v) is 6.00. The molecule has 124 valence electrons. The van der Waals surface area contributed by atoms with E-state index in [0.717, 1.165) is 61.5 Å². The first-order chi connectivity index (χ1) is 11.8. The number of aromatic amines is 1. The highest BCUT2D eigenvalue weighted by Crippen LogP contribution is 2.21. The Morgan fingerprint density at radius 1 is 1.21 bits per heavy atom. The molecule has 2 N–H and O–H groups in total. The molecule has 1 aliphatic rings. The van der Waals surface area contributed by atoms with Gasteiger partial charge in [0.15, 0.2) is 0 Å². The molecule has 0 unspecified atom stereocenters. The number of fused-ring (bicyclic) bond motifs is 3. The van der Waals surface area contributed by atoms with Crippen LogP contribution >= 0.6 is 0 Å². The Bertz CT molecular complexity index is 916. The van der Waals surface area contributed by atoms with E-state index < -0.39 is 0 Å². The lowest BCUT2D eigenvalue weighted by atomic mass is 10.1. The minimum Gasteiger partial charge on any atom is -0.382 e. The molecule has 6 heteroatoms. The Labute approximate surface area is 139 Å². The number of morpholine rings is 1. The van der Waals surface area contributed by atoms with E-state index in [2.05, 4.69) is 20.2 Å². The number of nitrogens with one attached hydrogen (secondary N) is 2. The van der Waals surface area contributed by atoms with Crippen molar-refractivity contribution >= 4 is 27.5 Å². The standard InChI is InChI=1S/C18H20N4O2/c23-18-15-4-2-1-3-14(15)17-16(21-18)11-13(12-20-17)19-5-6-22-7-9-24-10-8-22/h1-4,11-12,19H,5-10H2,(H,21,23). The summed E-state index contributed by atoms with van der Waals surface area (Å²) >= 11 is 0. The first kappa shape index (κ1) is 15.1. The van der Waals surface area contributed by atoms with Gasteiger partial charge in [-0.05, 0) is 12.1 Å². The molecule has 2 aromatic heterocycles. The molecule has 1 aromatic carbocycles. The van der Waals surface area contributed by atoms with Crippen molar-refractivity contribution in [2.45, 2.75) is 0 Å². The van der Waals surface area contributed by atoms with Crippen LogP contribution in [0.2, 0.25) is 0 Å². The lowest BCUT2D eigenvalue weighted by molar-refractivity contribution is 0.0398. The Hall–Kier alpha value is -2.44. The molecule has 24 heavy (non-hydrogen) atoms. The smallest absolute Gasteiger partial charge is 0.256 e. The van der Waals surface area contributed by atoms with Gasteiger partial charge in [-0.3, -0.25) is 14.7 Å². The van der Waals surface area contributed by atoms with Crippen molar-refractivity contribution in [3.05, 3.63) is 46.9 Å². The van der Waals surface area contributed by atoms with Crippen LogP contribution in [0.4, 0.5) is 5.69 Å². The van der Waals surface area contributed by atoms with Gasteiger partial charge in [0.2, 0.25) is 0 Å². The normalized spacial score (nSPS) is 15.8. The molecule has 0 saturated carbocycles. The summed E-state index contributed by atoms with van der Waals surface area (Å²) in [7, 11) is 0. The van der Waals surface area contributed by atoms with Crippen molar-refractivity contribution in [1.29, 1.82) is 0 Å². The molecule has 3 aromatic rings. The first-order valence-corrected chi connectivity index (χ1v) is 8.26. The number of pyridine rings is 2. The van der Waals surface area contributed by atoms with Gasteiger partial charge in [-0.1, -0.05) is 18.2 Å². The fourth-order valence-electron chi connectivity index (χ4n) is 3.13. The molecule has 1 saturated heterocycles. The zero-order valence-electron chi connectivity index (χ0n) is 13.4. The largest absolute Gasteiger partial charge is 0.382 e. The molecule has 0 bridgehead atoms. The first-order valence-electron chi connectivity index (χ1n) is 8.26. The summed E-state index contributed by atoms with van der Waals surface area (Å²) in [5, 5.41) is 4.94. The predicted molar refractivity (Wildman–Crippen MR) is 95.6 cm³/mol. The van der Waals surface area contributed by atoms with Gasteiger partial charge in [-0.15, -0.1) is 0 Å². The van der Waals surface area contributed by atoms with E-state index in [-0.39, 0.29) is 5.56 Å². The van der Waals surface area contributed by atoms with Crippen molar-refractivity contribution in [3.63, 3.8) is 0 Å². The number of rotatable bonds is 4. The monoisotopic (exact) mass is 324 g/mol. The van der Waals surface area contributed by atoms with E-state index in [4.69, 9.17) is 4.74 Å². The summed E-state index contributed by atoms with van der Waals surface area (Å²) in [4.78, 5) is 22.1. The third-order valence-corrected chi connectivity index (χ3v) is 4.42. The Morgan fingerprint density at radius 2 is 2.00 bits per heavy atom. The van der Waals surface area contributed by atoms with E-state index in [1.165, 1.54) is 0 Å². The Balaban J connectivity index is 1.55. The molecule has 1 aliphatic heterocycles. The summed E-state index contributed by atoms with van der Waals surface area (Å²) in [6, 6.07) is 9.51. The molecule has 1 fully saturated rings. The number of anilines is 1. The van der Waals surface area contributed by atoms with E-state index in [1.54, 1.807) is 0 Å². The Kier molecular flexibility index (Phi) is 4.15. The highest BCUT2D eigenvalue weighted by molar-refractivity contribution is 6.03. The average Bonchev–Trinajstić information content (AvgIpc) is 2.63. The van der Waals surface area contributed by atoms with Crippen molar-refractivity contribution in [2.24, 2.45) is 0 Å². The van der Waals surface area contributed by atoms with Crippen molar-refractivity contribution in [3.8, 4) is 0 Å². The summed E-state index contributed by atoms with van der Waals surface area (Å²) in [5.41, 5.74) is 2.42. The number of hydrogen-bond donors (Lipinski definition) is 2. The van der Waals surface area contributed by atoms with Gasteiger partial charge < -0.3 is 15.0 Å². The minimum atomic E-state index is -0.0784. The second kappa shape index (κ2) is 6.59. The molecule has 6 nitrogen and oxygen atoms in total. The number of hydrogen-bond acceptors (Lipinski definition) is 5. The van der Waals surface area contributed by atoms with Gasteiger partial charge in [-0.2, -0.15) is 0 Å². The number of ether oxygens (including phenoxy) is 1.